The summed E-state index contributed by atoms with van der Waals surface area (Å²) in [7, 11) is 0. The second-order valence-electron chi connectivity index (χ2n) is 9.78. The molecule has 0 heterocycles. The lowest BCUT2D eigenvalue weighted by Crippen LogP contribution is -2.25. The van der Waals surface area contributed by atoms with E-state index < -0.39 is 5.97 Å². The average molecular weight is 429 g/mol. The molecule has 1 saturated carbocycles. The SMILES string of the molecule is CCCCC(O)CCC[C@H]1[C@H](OCCO)CC(=O)[C@@H]1CCCCC(C)(C)CC(=O)O. The second-order valence-corrected chi connectivity index (χ2v) is 9.78. The molecular formula is C24H44O6. The molecule has 0 spiro atoms. The van der Waals surface area contributed by atoms with Gasteiger partial charge in [0.25, 0.3) is 0 Å². The normalized spacial score (nSPS) is 23.1. The molecule has 1 unspecified atom stereocenters. The smallest absolute Gasteiger partial charge is 0.303 e. The number of rotatable bonds is 17. The van der Waals surface area contributed by atoms with Crippen LogP contribution in [0.15, 0.2) is 0 Å². The number of aliphatic hydroxyl groups excluding tert-OH is 2. The van der Waals surface area contributed by atoms with Gasteiger partial charge in [0.15, 0.2) is 0 Å². The minimum atomic E-state index is -0.768. The molecule has 0 aromatic heterocycles. The van der Waals surface area contributed by atoms with Gasteiger partial charge in [-0.25, -0.2) is 0 Å². The lowest BCUT2D eigenvalue weighted by Gasteiger charge is -2.25. The van der Waals surface area contributed by atoms with Crippen molar-refractivity contribution in [2.24, 2.45) is 17.3 Å². The van der Waals surface area contributed by atoms with E-state index in [9.17, 15) is 14.7 Å². The molecule has 1 rings (SSSR count). The zero-order valence-electron chi connectivity index (χ0n) is 19.3. The van der Waals surface area contributed by atoms with Crippen molar-refractivity contribution >= 4 is 11.8 Å². The third-order valence-corrected chi connectivity index (χ3v) is 6.45. The Bertz CT molecular complexity index is 504. The van der Waals surface area contributed by atoms with E-state index in [1.807, 2.05) is 13.8 Å². The van der Waals surface area contributed by atoms with Gasteiger partial charge in [-0.15, -0.1) is 0 Å². The van der Waals surface area contributed by atoms with Crippen molar-refractivity contribution in [3.8, 4) is 0 Å². The van der Waals surface area contributed by atoms with Crippen molar-refractivity contribution in [1.82, 2.24) is 0 Å². The molecule has 0 amide bonds. The molecule has 3 N–H and O–H groups in total. The van der Waals surface area contributed by atoms with Crippen LogP contribution in [0.2, 0.25) is 0 Å². The average Bonchev–Trinajstić information content (AvgIpc) is 2.95. The minimum absolute atomic E-state index is 0.0240. The third-order valence-electron chi connectivity index (χ3n) is 6.45. The highest BCUT2D eigenvalue weighted by Gasteiger charge is 2.42. The van der Waals surface area contributed by atoms with Gasteiger partial charge in [-0.3, -0.25) is 9.59 Å². The summed E-state index contributed by atoms with van der Waals surface area (Å²) in [6, 6.07) is 0. The zero-order chi connectivity index (χ0) is 22.6. The first kappa shape index (κ1) is 27.1. The van der Waals surface area contributed by atoms with Crippen LogP contribution in [-0.4, -0.2) is 52.5 Å². The van der Waals surface area contributed by atoms with Gasteiger partial charge in [0.2, 0.25) is 0 Å². The highest BCUT2D eigenvalue weighted by molar-refractivity contribution is 5.84. The van der Waals surface area contributed by atoms with Crippen LogP contribution in [0.3, 0.4) is 0 Å². The Hall–Kier alpha value is -0.980. The minimum Gasteiger partial charge on any atom is -0.481 e. The molecule has 30 heavy (non-hydrogen) atoms. The van der Waals surface area contributed by atoms with Gasteiger partial charge < -0.3 is 20.1 Å². The summed E-state index contributed by atoms with van der Waals surface area (Å²) in [4.78, 5) is 23.6. The van der Waals surface area contributed by atoms with E-state index in [-0.39, 0.29) is 54.9 Å². The van der Waals surface area contributed by atoms with Gasteiger partial charge in [0.05, 0.1) is 31.8 Å². The van der Waals surface area contributed by atoms with E-state index in [0.717, 1.165) is 64.2 Å². The van der Waals surface area contributed by atoms with Crippen molar-refractivity contribution in [3.05, 3.63) is 0 Å². The Morgan fingerprint density at radius 2 is 1.87 bits per heavy atom. The Morgan fingerprint density at radius 1 is 1.17 bits per heavy atom. The van der Waals surface area contributed by atoms with Crippen molar-refractivity contribution < 1.29 is 29.6 Å². The summed E-state index contributed by atoms with van der Waals surface area (Å²) in [6.07, 6.45) is 9.08. The van der Waals surface area contributed by atoms with Crippen LogP contribution in [-0.2, 0) is 14.3 Å². The zero-order valence-corrected chi connectivity index (χ0v) is 19.3. The van der Waals surface area contributed by atoms with Gasteiger partial charge in [-0.2, -0.15) is 0 Å². The molecule has 1 aliphatic carbocycles. The third kappa shape index (κ3) is 10.4. The predicted molar refractivity (Wildman–Crippen MR) is 117 cm³/mol. The first-order valence-corrected chi connectivity index (χ1v) is 11.8. The maximum atomic E-state index is 12.7. The molecule has 0 aromatic rings. The van der Waals surface area contributed by atoms with Crippen LogP contribution >= 0.6 is 0 Å². The summed E-state index contributed by atoms with van der Waals surface area (Å²) < 4.78 is 5.79. The van der Waals surface area contributed by atoms with Crippen LogP contribution in [0.4, 0.5) is 0 Å². The van der Waals surface area contributed by atoms with Gasteiger partial charge in [0.1, 0.15) is 5.78 Å². The largest absolute Gasteiger partial charge is 0.481 e. The predicted octanol–water partition coefficient (Wildman–Crippen LogP) is 4.35. The number of carboxylic acids is 1. The van der Waals surface area contributed by atoms with E-state index in [1.165, 1.54) is 0 Å². The summed E-state index contributed by atoms with van der Waals surface area (Å²) in [5.41, 5.74) is -0.230. The van der Waals surface area contributed by atoms with Crippen molar-refractivity contribution in [2.75, 3.05) is 13.2 Å². The van der Waals surface area contributed by atoms with E-state index in [1.54, 1.807) is 0 Å². The van der Waals surface area contributed by atoms with E-state index in [0.29, 0.717) is 6.42 Å². The van der Waals surface area contributed by atoms with Crippen LogP contribution < -0.4 is 0 Å². The highest BCUT2D eigenvalue weighted by Crippen LogP contribution is 2.39. The first-order chi connectivity index (χ1) is 14.2. The molecule has 6 heteroatoms. The highest BCUT2D eigenvalue weighted by atomic mass is 16.5. The fourth-order valence-corrected chi connectivity index (χ4v) is 4.79. The lowest BCUT2D eigenvalue weighted by atomic mass is 9.81. The standard InChI is InChI=1S/C24H44O6/c1-4-5-9-18(26)10-8-12-20-19(21(27)16-22(20)30-15-14-25)11-6-7-13-24(2,3)17-23(28)29/h18-20,22,25-26H,4-17H2,1-3H3,(H,28,29)/t18?,19-,20-,22-/m1/s1. The molecular weight excluding hydrogens is 384 g/mol. The molecule has 1 aliphatic rings. The molecule has 6 nitrogen and oxygen atoms in total. The molecule has 4 atom stereocenters. The first-order valence-electron chi connectivity index (χ1n) is 11.8. The fraction of sp³-hybridized carbons (Fsp3) is 0.917. The van der Waals surface area contributed by atoms with Gasteiger partial charge >= 0.3 is 5.97 Å². The summed E-state index contributed by atoms with van der Waals surface area (Å²) in [6.45, 7) is 6.29. The van der Waals surface area contributed by atoms with Gasteiger partial charge in [0, 0.05) is 12.3 Å². The van der Waals surface area contributed by atoms with Gasteiger partial charge in [-0.05, 0) is 43.4 Å². The number of Topliss-reactive ketones (excluding diaryl/α,β-unsaturated/α-hetero) is 1. The van der Waals surface area contributed by atoms with E-state index in [4.69, 9.17) is 14.9 Å². The Morgan fingerprint density at radius 3 is 2.50 bits per heavy atom. The number of ether oxygens (including phenoxy) is 1. The Labute approximate surface area is 182 Å². The van der Waals surface area contributed by atoms with Crippen molar-refractivity contribution in [1.29, 1.82) is 0 Å². The lowest BCUT2D eigenvalue weighted by molar-refractivity contribution is -0.139. The van der Waals surface area contributed by atoms with Crippen molar-refractivity contribution in [3.63, 3.8) is 0 Å². The molecule has 0 aromatic carbocycles. The van der Waals surface area contributed by atoms with E-state index in [2.05, 4.69) is 6.92 Å². The molecule has 176 valence electrons. The fourth-order valence-electron chi connectivity index (χ4n) is 4.79. The number of ketones is 1. The number of hydrogen-bond acceptors (Lipinski definition) is 5. The number of carbonyl (C=O) groups is 2. The number of carboxylic acid groups (broad SMARTS) is 1. The summed E-state index contributed by atoms with van der Waals surface area (Å²) >= 11 is 0. The summed E-state index contributed by atoms with van der Waals surface area (Å²) in [5.74, 6) is -0.395. The summed E-state index contributed by atoms with van der Waals surface area (Å²) in [5, 5.41) is 28.2. The van der Waals surface area contributed by atoms with Crippen LogP contribution in [0, 0.1) is 17.3 Å². The van der Waals surface area contributed by atoms with Crippen LogP contribution in [0.25, 0.3) is 0 Å². The number of unbranched alkanes of at least 4 members (excludes halogenated alkanes) is 2. The molecule has 1 fully saturated rings. The quantitative estimate of drug-likeness (QED) is 0.298. The second kappa shape index (κ2) is 14.2. The Kier molecular flexibility index (Phi) is 12.8. The number of aliphatic carboxylic acids is 1. The monoisotopic (exact) mass is 428 g/mol. The van der Waals surface area contributed by atoms with Crippen LogP contribution in [0.5, 0.6) is 0 Å². The molecule has 0 saturated heterocycles. The topological polar surface area (TPSA) is 104 Å². The maximum Gasteiger partial charge on any atom is 0.303 e. The van der Waals surface area contributed by atoms with E-state index >= 15 is 0 Å². The molecule has 0 aliphatic heterocycles. The van der Waals surface area contributed by atoms with Crippen LogP contribution in [0.1, 0.15) is 97.8 Å². The molecule has 0 radical (unpaired) electrons. The number of aliphatic hydroxyl groups is 2. The molecule has 0 bridgehead atoms. The maximum absolute atomic E-state index is 12.7. The number of hydrogen-bond donors (Lipinski definition) is 3. The van der Waals surface area contributed by atoms with Crippen molar-refractivity contribution in [2.45, 2.75) is 110 Å². The van der Waals surface area contributed by atoms with Gasteiger partial charge in [-0.1, -0.05) is 52.9 Å². The number of carbonyl (C=O) groups excluding carboxylic acids is 1. The Balaban J connectivity index is 2.55.